The van der Waals surface area contributed by atoms with Crippen molar-refractivity contribution in [3.8, 4) is 0 Å². The molecule has 2 nitrogen and oxygen atoms in total. The summed E-state index contributed by atoms with van der Waals surface area (Å²) in [5, 5.41) is 0. The van der Waals surface area contributed by atoms with Crippen LogP contribution < -0.4 is 5.73 Å². The van der Waals surface area contributed by atoms with Crippen LogP contribution in [0.5, 0.6) is 0 Å². The largest absolute Gasteiger partial charge is 0.370 e. The van der Waals surface area contributed by atoms with Gasteiger partial charge in [-0.3, -0.25) is 4.79 Å². The zero-order chi connectivity index (χ0) is 8.53. The lowest BCUT2D eigenvalue weighted by Crippen LogP contribution is -2.09. The summed E-state index contributed by atoms with van der Waals surface area (Å²) >= 11 is 0. The Kier molecular flexibility index (Phi) is 6.79. The van der Waals surface area contributed by atoms with E-state index in [4.69, 9.17) is 5.73 Å². The van der Waals surface area contributed by atoms with E-state index in [1.165, 1.54) is 0 Å². The second kappa shape index (κ2) is 7.32. The van der Waals surface area contributed by atoms with Crippen LogP contribution in [0.3, 0.4) is 0 Å². The fourth-order valence-corrected chi connectivity index (χ4v) is 0.905. The van der Waals surface area contributed by atoms with Gasteiger partial charge in [0.25, 0.3) is 0 Å². The molecule has 0 saturated heterocycles. The Morgan fingerprint density at radius 2 is 2.09 bits per heavy atom. The summed E-state index contributed by atoms with van der Waals surface area (Å²) < 4.78 is 0. The highest BCUT2D eigenvalue weighted by Crippen LogP contribution is 2.02. The number of rotatable bonds is 6. The van der Waals surface area contributed by atoms with E-state index in [-0.39, 0.29) is 5.91 Å². The number of allylic oxidation sites excluding steroid dienone is 2. The van der Waals surface area contributed by atoms with Crippen LogP contribution in [0, 0.1) is 0 Å². The fraction of sp³-hybridized carbons (Fsp3) is 0.667. The highest BCUT2D eigenvalue weighted by atomic mass is 16.1. The number of carbonyl (C=O) groups excluding carboxylic acids is 1. The molecule has 0 bridgehead atoms. The van der Waals surface area contributed by atoms with Crippen molar-refractivity contribution in [1.29, 1.82) is 0 Å². The molecule has 0 rings (SSSR count). The van der Waals surface area contributed by atoms with E-state index in [1.54, 1.807) is 0 Å². The Balaban J connectivity index is 2.96. The Labute approximate surface area is 68.5 Å². The van der Waals surface area contributed by atoms with E-state index in [1.807, 2.05) is 13.0 Å². The van der Waals surface area contributed by atoms with E-state index >= 15 is 0 Å². The van der Waals surface area contributed by atoms with Crippen LogP contribution in [-0.4, -0.2) is 5.91 Å². The maximum Gasteiger partial charge on any atom is 0.217 e. The van der Waals surface area contributed by atoms with Crippen molar-refractivity contribution >= 4 is 5.91 Å². The Hall–Kier alpha value is -0.790. The molecule has 0 saturated carbocycles. The molecule has 64 valence electrons. The van der Waals surface area contributed by atoms with E-state index in [2.05, 4.69) is 6.08 Å². The zero-order valence-electron chi connectivity index (χ0n) is 7.18. The lowest BCUT2D eigenvalue weighted by atomic mass is 10.1. The van der Waals surface area contributed by atoms with Gasteiger partial charge in [0.1, 0.15) is 0 Å². The van der Waals surface area contributed by atoms with Gasteiger partial charge in [0.15, 0.2) is 0 Å². The van der Waals surface area contributed by atoms with Crippen LogP contribution in [0.2, 0.25) is 0 Å². The van der Waals surface area contributed by atoms with Gasteiger partial charge < -0.3 is 5.73 Å². The van der Waals surface area contributed by atoms with Gasteiger partial charge in [0.05, 0.1) is 0 Å². The molecule has 0 spiro atoms. The minimum absolute atomic E-state index is 0.184. The first-order valence-electron chi connectivity index (χ1n) is 4.17. The van der Waals surface area contributed by atoms with Crippen molar-refractivity contribution in [1.82, 2.24) is 0 Å². The average molecular weight is 155 g/mol. The maximum atomic E-state index is 10.3. The molecule has 1 amide bonds. The fourth-order valence-electron chi connectivity index (χ4n) is 0.905. The molecular formula is C9H17NO. The van der Waals surface area contributed by atoms with Crippen molar-refractivity contribution in [2.45, 2.75) is 39.0 Å². The van der Waals surface area contributed by atoms with Crippen molar-refractivity contribution in [2.24, 2.45) is 5.73 Å². The lowest BCUT2D eigenvalue weighted by molar-refractivity contribution is -0.118. The summed E-state index contributed by atoms with van der Waals surface area (Å²) in [6.45, 7) is 2.02. The van der Waals surface area contributed by atoms with Gasteiger partial charge in [0.2, 0.25) is 5.91 Å². The second-order valence-corrected chi connectivity index (χ2v) is 2.63. The zero-order valence-corrected chi connectivity index (χ0v) is 7.18. The topological polar surface area (TPSA) is 43.1 Å². The van der Waals surface area contributed by atoms with Crippen LogP contribution in [0.1, 0.15) is 39.0 Å². The molecule has 2 N–H and O–H groups in total. The van der Waals surface area contributed by atoms with Gasteiger partial charge in [-0.2, -0.15) is 0 Å². The molecule has 0 aromatic carbocycles. The number of primary amides is 1. The molecule has 0 unspecified atom stereocenters. The van der Waals surface area contributed by atoms with E-state index in [0.717, 1.165) is 25.7 Å². The van der Waals surface area contributed by atoms with Crippen molar-refractivity contribution in [3.63, 3.8) is 0 Å². The van der Waals surface area contributed by atoms with Gasteiger partial charge in [0, 0.05) is 6.42 Å². The van der Waals surface area contributed by atoms with E-state index < -0.39 is 0 Å². The SMILES string of the molecule is CC=CCCCCCC(N)=O. The maximum absolute atomic E-state index is 10.3. The number of carbonyl (C=O) groups is 1. The first kappa shape index (κ1) is 10.2. The van der Waals surface area contributed by atoms with Crippen LogP contribution in [0.25, 0.3) is 0 Å². The molecule has 0 heterocycles. The molecule has 0 fully saturated rings. The molecule has 11 heavy (non-hydrogen) atoms. The number of unbranched alkanes of at least 4 members (excludes halogenated alkanes) is 3. The third kappa shape index (κ3) is 9.21. The summed E-state index contributed by atoms with van der Waals surface area (Å²) in [6, 6.07) is 0. The van der Waals surface area contributed by atoms with Crippen molar-refractivity contribution < 1.29 is 4.79 Å². The molecule has 0 atom stereocenters. The normalized spacial score (nSPS) is 10.6. The second-order valence-electron chi connectivity index (χ2n) is 2.63. The van der Waals surface area contributed by atoms with Gasteiger partial charge in [-0.15, -0.1) is 0 Å². The smallest absolute Gasteiger partial charge is 0.217 e. The van der Waals surface area contributed by atoms with E-state index in [0.29, 0.717) is 6.42 Å². The summed E-state index contributed by atoms with van der Waals surface area (Å²) in [7, 11) is 0. The molecule has 0 aliphatic heterocycles. The minimum Gasteiger partial charge on any atom is -0.370 e. The Morgan fingerprint density at radius 1 is 1.36 bits per heavy atom. The standard InChI is InChI=1S/C9H17NO/c1-2-3-4-5-6-7-8-9(10)11/h2-3H,4-8H2,1H3,(H2,10,11). The molecule has 0 aliphatic rings. The Morgan fingerprint density at radius 3 is 2.64 bits per heavy atom. The molecule has 0 radical (unpaired) electrons. The molecule has 2 heteroatoms. The predicted molar refractivity (Wildman–Crippen MR) is 47.1 cm³/mol. The third-order valence-electron chi connectivity index (χ3n) is 1.53. The van der Waals surface area contributed by atoms with Gasteiger partial charge in [-0.25, -0.2) is 0 Å². The third-order valence-corrected chi connectivity index (χ3v) is 1.53. The average Bonchev–Trinajstić information content (AvgIpc) is 1.96. The minimum atomic E-state index is -0.184. The summed E-state index contributed by atoms with van der Waals surface area (Å²) in [6.07, 6.45) is 9.06. The van der Waals surface area contributed by atoms with Gasteiger partial charge >= 0.3 is 0 Å². The highest BCUT2D eigenvalue weighted by molar-refractivity contribution is 5.73. The van der Waals surface area contributed by atoms with Gasteiger partial charge in [-0.1, -0.05) is 18.6 Å². The summed E-state index contributed by atoms with van der Waals surface area (Å²) in [5.74, 6) is -0.184. The lowest BCUT2D eigenvalue weighted by Gasteiger charge is -1.94. The van der Waals surface area contributed by atoms with Crippen LogP contribution in [0.4, 0.5) is 0 Å². The molecule has 0 aliphatic carbocycles. The Bertz CT molecular complexity index is 130. The quantitative estimate of drug-likeness (QED) is 0.462. The summed E-state index contributed by atoms with van der Waals surface area (Å²) in [5.41, 5.74) is 4.98. The van der Waals surface area contributed by atoms with E-state index in [9.17, 15) is 4.79 Å². The highest BCUT2D eigenvalue weighted by Gasteiger charge is 1.92. The van der Waals surface area contributed by atoms with Crippen molar-refractivity contribution in [2.75, 3.05) is 0 Å². The monoisotopic (exact) mass is 155 g/mol. The van der Waals surface area contributed by atoms with Crippen LogP contribution in [-0.2, 0) is 4.79 Å². The van der Waals surface area contributed by atoms with Crippen LogP contribution in [0.15, 0.2) is 12.2 Å². The number of nitrogens with two attached hydrogens (primary N) is 1. The van der Waals surface area contributed by atoms with Crippen molar-refractivity contribution in [3.05, 3.63) is 12.2 Å². The first-order chi connectivity index (χ1) is 5.27. The number of hydrogen-bond donors (Lipinski definition) is 1. The summed E-state index contributed by atoms with van der Waals surface area (Å²) in [4.78, 5) is 10.3. The number of amides is 1. The first-order valence-corrected chi connectivity index (χ1v) is 4.17. The molecule has 0 aromatic rings. The molecular weight excluding hydrogens is 138 g/mol. The van der Waals surface area contributed by atoms with Gasteiger partial charge in [-0.05, 0) is 26.2 Å². The number of hydrogen-bond acceptors (Lipinski definition) is 1. The molecule has 0 aromatic heterocycles. The van der Waals surface area contributed by atoms with Crippen LogP contribution >= 0.6 is 0 Å². The predicted octanol–water partition coefficient (Wildman–Crippen LogP) is 2.00.